The molecule has 2 aromatic carbocycles. The summed E-state index contributed by atoms with van der Waals surface area (Å²) in [6, 6.07) is 16.2. The smallest absolute Gasteiger partial charge is 0.250 e. The van der Waals surface area contributed by atoms with Crippen LogP contribution in [0.3, 0.4) is 0 Å². The van der Waals surface area contributed by atoms with E-state index in [1.807, 2.05) is 37.3 Å². The second-order valence-corrected chi connectivity index (χ2v) is 6.12. The van der Waals surface area contributed by atoms with Gasteiger partial charge in [-0.25, -0.2) is 4.39 Å². The fourth-order valence-electron chi connectivity index (χ4n) is 3.09. The fraction of sp³-hybridized carbons (Fsp3) is 0.278. The highest BCUT2D eigenvalue weighted by Crippen LogP contribution is 2.28. The van der Waals surface area contributed by atoms with Gasteiger partial charge in [0.15, 0.2) is 0 Å². The molecule has 1 saturated heterocycles. The second-order valence-electron chi connectivity index (χ2n) is 6.12. The van der Waals surface area contributed by atoms with Crippen molar-refractivity contribution in [3.63, 3.8) is 0 Å². The van der Waals surface area contributed by atoms with Crippen LogP contribution in [0.25, 0.3) is 5.69 Å². The molecule has 1 fully saturated rings. The maximum Gasteiger partial charge on any atom is 0.250 e. The zero-order chi connectivity index (χ0) is 17.2. The molecule has 1 aliphatic heterocycles. The molecular weight excluding hydrogens is 321 g/mol. The Hall–Kier alpha value is -2.80. The van der Waals surface area contributed by atoms with Crippen LogP contribution >= 0.6 is 0 Å². The zero-order valence-electron chi connectivity index (χ0n) is 13.8. The lowest BCUT2D eigenvalue weighted by Gasteiger charge is -2.37. The molecule has 7 heteroatoms. The van der Waals surface area contributed by atoms with Crippen molar-refractivity contribution in [2.45, 2.75) is 19.1 Å². The summed E-state index contributed by atoms with van der Waals surface area (Å²) < 4.78 is 21.0. The second kappa shape index (κ2) is 6.60. The van der Waals surface area contributed by atoms with E-state index < -0.39 is 0 Å². The third-order valence-electron chi connectivity index (χ3n) is 4.24. The van der Waals surface area contributed by atoms with Crippen molar-refractivity contribution in [1.29, 1.82) is 0 Å². The van der Waals surface area contributed by atoms with Gasteiger partial charge in [0, 0.05) is 6.54 Å². The number of nitrogens with zero attached hydrogens (tertiary/aromatic N) is 5. The zero-order valence-corrected chi connectivity index (χ0v) is 13.8. The Balaban J connectivity index is 1.63. The average Bonchev–Trinajstić information content (AvgIpc) is 3.12. The maximum absolute atomic E-state index is 13.2. The summed E-state index contributed by atoms with van der Waals surface area (Å²) >= 11 is 0. The van der Waals surface area contributed by atoms with E-state index in [1.165, 1.54) is 12.1 Å². The molecule has 1 aliphatic rings. The van der Waals surface area contributed by atoms with Crippen LogP contribution < -0.4 is 4.90 Å². The Labute approximate surface area is 144 Å². The van der Waals surface area contributed by atoms with Gasteiger partial charge >= 0.3 is 0 Å². The first-order valence-corrected chi connectivity index (χ1v) is 8.20. The van der Waals surface area contributed by atoms with Gasteiger partial charge < -0.3 is 9.64 Å². The molecule has 2 atom stereocenters. The number of rotatable bonds is 3. The molecule has 0 saturated carbocycles. The molecule has 2 heterocycles. The van der Waals surface area contributed by atoms with E-state index in [4.69, 9.17) is 4.74 Å². The minimum Gasteiger partial charge on any atom is -0.367 e. The van der Waals surface area contributed by atoms with Gasteiger partial charge in [-0.05, 0) is 47.2 Å². The number of hydrogen-bond acceptors (Lipinski definition) is 5. The lowest BCUT2D eigenvalue weighted by molar-refractivity contribution is -0.0180. The maximum atomic E-state index is 13.2. The van der Waals surface area contributed by atoms with Gasteiger partial charge in [0.2, 0.25) is 0 Å². The summed E-state index contributed by atoms with van der Waals surface area (Å²) in [5.74, 6) is 0.422. The molecule has 0 spiro atoms. The molecule has 6 nitrogen and oxygen atoms in total. The van der Waals surface area contributed by atoms with Crippen molar-refractivity contribution >= 4 is 5.95 Å². The van der Waals surface area contributed by atoms with E-state index in [1.54, 1.807) is 16.8 Å². The first-order chi connectivity index (χ1) is 12.2. The third-order valence-corrected chi connectivity index (χ3v) is 4.24. The Bertz CT molecular complexity index is 836. The SMILES string of the molecule is CC1CN(c2nnnn2-c2ccccc2)CC(c2ccc(F)cc2)O1. The van der Waals surface area contributed by atoms with Crippen molar-refractivity contribution in [2.24, 2.45) is 0 Å². The number of para-hydroxylation sites is 1. The normalized spacial score (nSPS) is 20.6. The predicted molar refractivity (Wildman–Crippen MR) is 91.1 cm³/mol. The standard InChI is InChI=1S/C18H18FN5O/c1-13-11-23(12-17(25-13)14-7-9-15(19)10-8-14)18-20-21-22-24(18)16-5-3-2-4-6-16/h2-10,13,17H,11-12H2,1H3. The summed E-state index contributed by atoms with van der Waals surface area (Å²) in [5.41, 5.74) is 1.84. The van der Waals surface area contributed by atoms with Crippen LogP contribution in [0.4, 0.5) is 10.3 Å². The van der Waals surface area contributed by atoms with Crippen LogP contribution in [0, 0.1) is 5.82 Å². The number of ether oxygens (including phenoxy) is 1. The van der Waals surface area contributed by atoms with E-state index in [9.17, 15) is 4.39 Å². The van der Waals surface area contributed by atoms with Crippen molar-refractivity contribution in [1.82, 2.24) is 20.2 Å². The summed E-state index contributed by atoms with van der Waals surface area (Å²) in [7, 11) is 0. The van der Waals surface area contributed by atoms with Gasteiger partial charge in [-0.1, -0.05) is 35.4 Å². The number of benzene rings is 2. The number of tetrazole rings is 1. The molecule has 0 amide bonds. The minimum absolute atomic E-state index is 0.00438. The topological polar surface area (TPSA) is 56.1 Å². The van der Waals surface area contributed by atoms with Gasteiger partial charge in [-0.15, -0.1) is 0 Å². The summed E-state index contributed by atoms with van der Waals surface area (Å²) in [6.07, 6.45) is -0.157. The van der Waals surface area contributed by atoms with Crippen molar-refractivity contribution in [3.8, 4) is 5.69 Å². The molecule has 3 aromatic rings. The molecule has 0 aliphatic carbocycles. The van der Waals surface area contributed by atoms with Crippen molar-refractivity contribution in [2.75, 3.05) is 18.0 Å². The Morgan fingerprint density at radius 1 is 1.04 bits per heavy atom. The van der Waals surface area contributed by atoms with Crippen LogP contribution in [0.1, 0.15) is 18.6 Å². The van der Waals surface area contributed by atoms with E-state index in [0.717, 1.165) is 11.3 Å². The van der Waals surface area contributed by atoms with Crippen molar-refractivity contribution in [3.05, 3.63) is 66.0 Å². The third kappa shape index (κ3) is 3.23. The predicted octanol–water partition coefficient (Wildman–Crippen LogP) is 2.77. The molecule has 2 unspecified atom stereocenters. The van der Waals surface area contributed by atoms with Crippen LogP contribution in [0.2, 0.25) is 0 Å². The quantitative estimate of drug-likeness (QED) is 0.734. The van der Waals surface area contributed by atoms with Gasteiger partial charge in [0.25, 0.3) is 5.95 Å². The Kier molecular flexibility index (Phi) is 4.15. The van der Waals surface area contributed by atoms with Crippen LogP contribution in [-0.4, -0.2) is 39.4 Å². The average molecular weight is 339 g/mol. The van der Waals surface area contributed by atoms with Gasteiger partial charge in [-0.3, -0.25) is 0 Å². The Morgan fingerprint density at radius 3 is 2.56 bits per heavy atom. The monoisotopic (exact) mass is 339 g/mol. The number of hydrogen-bond donors (Lipinski definition) is 0. The number of morpholine rings is 1. The number of halogens is 1. The van der Waals surface area contributed by atoms with E-state index >= 15 is 0 Å². The molecule has 4 rings (SSSR count). The van der Waals surface area contributed by atoms with Gasteiger partial charge in [0.05, 0.1) is 18.3 Å². The summed E-state index contributed by atoms with van der Waals surface area (Å²) in [6.45, 7) is 3.30. The summed E-state index contributed by atoms with van der Waals surface area (Å²) in [5, 5.41) is 12.2. The van der Waals surface area contributed by atoms with Crippen LogP contribution in [0.5, 0.6) is 0 Å². The number of aromatic nitrogens is 4. The van der Waals surface area contributed by atoms with Crippen LogP contribution in [-0.2, 0) is 4.74 Å². The lowest BCUT2D eigenvalue weighted by Crippen LogP contribution is -2.44. The minimum atomic E-state index is -0.252. The molecular formula is C18H18FN5O. The van der Waals surface area contributed by atoms with Gasteiger partial charge in [0.1, 0.15) is 11.9 Å². The van der Waals surface area contributed by atoms with Gasteiger partial charge in [-0.2, -0.15) is 4.68 Å². The highest BCUT2D eigenvalue weighted by Gasteiger charge is 2.29. The highest BCUT2D eigenvalue weighted by molar-refractivity contribution is 5.41. The largest absolute Gasteiger partial charge is 0.367 e. The molecule has 128 valence electrons. The Morgan fingerprint density at radius 2 is 1.80 bits per heavy atom. The lowest BCUT2D eigenvalue weighted by atomic mass is 10.1. The van der Waals surface area contributed by atoms with E-state index in [0.29, 0.717) is 19.0 Å². The number of anilines is 1. The molecule has 1 aromatic heterocycles. The first kappa shape index (κ1) is 15.7. The van der Waals surface area contributed by atoms with E-state index in [2.05, 4.69) is 20.4 Å². The molecule has 0 N–H and O–H groups in total. The molecule has 25 heavy (non-hydrogen) atoms. The first-order valence-electron chi connectivity index (χ1n) is 8.20. The van der Waals surface area contributed by atoms with E-state index in [-0.39, 0.29) is 18.0 Å². The fourth-order valence-corrected chi connectivity index (χ4v) is 3.09. The van der Waals surface area contributed by atoms with Crippen molar-refractivity contribution < 1.29 is 9.13 Å². The molecule has 0 bridgehead atoms. The summed E-state index contributed by atoms with van der Waals surface area (Å²) in [4.78, 5) is 2.11. The van der Waals surface area contributed by atoms with Crippen LogP contribution in [0.15, 0.2) is 54.6 Å². The highest BCUT2D eigenvalue weighted by atomic mass is 19.1. The molecule has 0 radical (unpaired) electrons.